The van der Waals surface area contributed by atoms with Gasteiger partial charge in [-0.2, -0.15) is 0 Å². The van der Waals surface area contributed by atoms with Gasteiger partial charge in [0.15, 0.2) is 0 Å². The molecule has 1 aliphatic heterocycles. The molecule has 1 aliphatic rings. The Hall–Kier alpha value is -0.560. The number of aromatic nitrogens is 2. The van der Waals surface area contributed by atoms with Gasteiger partial charge in [-0.3, -0.25) is 4.90 Å². The van der Waals surface area contributed by atoms with Crippen molar-refractivity contribution in [3.05, 3.63) is 10.0 Å². The third-order valence-corrected chi connectivity index (χ3v) is 4.69. The third kappa shape index (κ3) is 5.09. The van der Waals surface area contributed by atoms with Crippen LogP contribution in [0.1, 0.15) is 22.9 Å². The van der Waals surface area contributed by atoms with Crippen LogP contribution >= 0.6 is 11.3 Å². The molecule has 0 spiro atoms. The lowest BCUT2D eigenvalue weighted by atomic mass is 9.96. The van der Waals surface area contributed by atoms with Gasteiger partial charge in [-0.05, 0) is 45.8 Å². The smallest absolute Gasteiger partial charge is 0.131 e. The van der Waals surface area contributed by atoms with Gasteiger partial charge in [-0.25, -0.2) is 0 Å². The standard InChI is InChI=1S/C14H26N4OS/c1-12-15-16-14(20-12)11-17(2)10-13-4-6-18(7-5-13)8-9-19-3/h13H,4-11H2,1-3H3. The van der Waals surface area contributed by atoms with Crippen molar-refractivity contribution >= 4 is 11.3 Å². The average Bonchev–Trinajstić information content (AvgIpc) is 2.83. The maximum Gasteiger partial charge on any atom is 0.131 e. The van der Waals surface area contributed by atoms with Crippen LogP contribution in [0.3, 0.4) is 0 Å². The molecule has 0 aliphatic carbocycles. The number of piperidine rings is 1. The highest BCUT2D eigenvalue weighted by Crippen LogP contribution is 2.19. The maximum absolute atomic E-state index is 5.14. The number of hydrogen-bond donors (Lipinski definition) is 0. The van der Waals surface area contributed by atoms with Crippen LogP contribution in [0.15, 0.2) is 0 Å². The summed E-state index contributed by atoms with van der Waals surface area (Å²) >= 11 is 1.70. The fraction of sp³-hybridized carbons (Fsp3) is 0.857. The van der Waals surface area contributed by atoms with Crippen molar-refractivity contribution in [2.75, 3.05) is 46.9 Å². The summed E-state index contributed by atoms with van der Waals surface area (Å²) in [5, 5.41) is 10.5. The molecule has 2 rings (SSSR count). The van der Waals surface area contributed by atoms with Crippen LogP contribution in [0, 0.1) is 12.8 Å². The molecule has 0 amide bonds. The Balaban J connectivity index is 1.67. The quantitative estimate of drug-likeness (QED) is 0.765. The largest absolute Gasteiger partial charge is 0.383 e. The van der Waals surface area contributed by atoms with Crippen LogP contribution in [-0.2, 0) is 11.3 Å². The molecule has 1 aromatic heterocycles. The molecule has 1 saturated heterocycles. The Morgan fingerprint density at radius 1 is 1.35 bits per heavy atom. The number of likely N-dealkylation sites (tertiary alicyclic amines) is 1. The molecule has 0 N–H and O–H groups in total. The number of ether oxygens (including phenoxy) is 1. The minimum Gasteiger partial charge on any atom is -0.383 e. The summed E-state index contributed by atoms with van der Waals surface area (Å²) in [5.41, 5.74) is 0. The fourth-order valence-corrected chi connectivity index (χ4v) is 3.54. The van der Waals surface area contributed by atoms with Gasteiger partial charge >= 0.3 is 0 Å². The first-order chi connectivity index (χ1) is 9.67. The summed E-state index contributed by atoms with van der Waals surface area (Å²) in [6.07, 6.45) is 2.59. The van der Waals surface area contributed by atoms with E-state index in [9.17, 15) is 0 Å². The summed E-state index contributed by atoms with van der Waals surface area (Å²) in [4.78, 5) is 4.89. The van der Waals surface area contributed by atoms with Crippen LogP contribution < -0.4 is 0 Å². The highest BCUT2D eigenvalue weighted by atomic mass is 32.1. The van der Waals surface area contributed by atoms with E-state index in [0.29, 0.717) is 0 Å². The molecular weight excluding hydrogens is 272 g/mol. The van der Waals surface area contributed by atoms with Crippen molar-refractivity contribution in [3.63, 3.8) is 0 Å². The predicted molar refractivity (Wildman–Crippen MR) is 82.0 cm³/mol. The van der Waals surface area contributed by atoms with Crippen molar-refractivity contribution in [3.8, 4) is 0 Å². The molecule has 20 heavy (non-hydrogen) atoms. The summed E-state index contributed by atoms with van der Waals surface area (Å²) in [7, 11) is 3.96. The minimum atomic E-state index is 0.813. The molecule has 0 saturated carbocycles. The summed E-state index contributed by atoms with van der Waals surface area (Å²) in [6, 6.07) is 0. The molecule has 6 heteroatoms. The first-order valence-corrected chi connectivity index (χ1v) is 8.18. The highest BCUT2D eigenvalue weighted by molar-refractivity contribution is 7.11. The summed E-state index contributed by atoms with van der Waals surface area (Å²) < 4.78 is 5.14. The molecule has 1 aromatic rings. The zero-order chi connectivity index (χ0) is 14.4. The fourth-order valence-electron chi connectivity index (χ4n) is 2.75. The molecule has 114 valence electrons. The number of methoxy groups -OCH3 is 1. The van der Waals surface area contributed by atoms with Gasteiger partial charge in [0.2, 0.25) is 0 Å². The van der Waals surface area contributed by atoms with E-state index in [1.54, 1.807) is 18.4 Å². The van der Waals surface area contributed by atoms with Crippen molar-refractivity contribution in [2.24, 2.45) is 5.92 Å². The van der Waals surface area contributed by atoms with Crippen LogP contribution in [0.5, 0.6) is 0 Å². The van der Waals surface area contributed by atoms with E-state index in [1.807, 2.05) is 6.92 Å². The van der Waals surface area contributed by atoms with Gasteiger partial charge in [-0.1, -0.05) is 0 Å². The second-order valence-corrected chi connectivity index (χ2v) is 6.96. The van der Waals surface area contributed by atoms with Gasteiger partial charge in [0.25, 0.3) is 0 Å². The molecule has 5 nitrogen and oxygen atoms in total. The maximum atomic E-state index is 5.14. The van der Waals surface area contributed by atoms with Crippen LogP contribution in [0.4, 0.5) is 0 Å². The summed E-state index contributed by atoms with van der Waals surface area (Å²) in [5.74, 6) is 0.813. The third-order valence-electron chi connectivity index (χ3n) is 3.86. The van der Waals surface area contributed by atoms with Crippen LogP contribution in [-0.4, -0.2) is 66.9 Å². The van der Waals surface area contributed by atoms with Crippen LogP contribution in [0.25, 0.3) is 0 Å². The topological polar surface area (TPSA) is 41.5 Å². The van der Waals surface area contributed by atoms with Gasteiger partial charge < -0.3 is 9.64 Å². The zero-order valence-corrected chi connectivity index (χ0v) is 13.7. The molecular formula is C14H26N4OS. The van der Waals surface area contributed by atoms with Crippen molar-refractivity contribution in [1.82, 2.24) is 20.0 Å². The Labute approximate surface area is 125 Å². The Morgan fingerprint density at radius 2 is 2.10 bits per heavy atom. The minimum absolute atomic E-state index is 0.813. The van der Waals surface area contributed by atoms with Crippen molar-refractivity contribution in [1.29, 1.82) is 0 Å². The second-order valence-electron chi connectivity index (χ2n) is 5.69. The van der Waals surface area contributed by atoms with E-state index < -0.39 is 0 Å². The lowest BCUT2D eigenvalue weighted by Crippen LogP contribution is -2.39. The van der Waals surface area contributed by atoms with E-state index in [-0.39, 0.29) is 0 Å². The number of nitrogens with zero attached hydrogens (tertiary/aromatic N) is 4. The van der Waals surface area contributed by atoms with Gasteiger partial charge in [-0.15, -0.1) is 21.5 Å². The molecule has 0 atom stereocenters. The van der Waals surface area contributed by atoms with Gasteiger partial charge in [0.1, 0.15) is 10.0 Å². The molecule has 2 heterocycles. The molecule has 0 bridgehead atoms. The van der Waals surface area contributed by atoms with E-state index in [1.165, 1.54) is 25.9 Å². The highest BCUT2D eigenvalue weighted by Gasteiger charge is 2.20. The molecule has 0 radical (unpaired) electrons. The number of aryl methyl sites for hydroxylation is 1. The first-order valence-electron chi connectivity index (χ1n) is 7.36. The van der Waals surface area contributed by atoms with Crippen molar-refractivity contribution < 1.29 is 4.74 Å². The average molecular weight is 298 g/mol. The molecule has 0 unspecified atom stereocenters. The lowest BCUT2D eigenvalue weighted by Gasteiger charge is -2.33. The first kappa shape index (κ1) is 15.8. The van der Waals surface area contributed by atoms with Crippen LogP contribution in [0.2, 0.25) is 0 Å². The SMILES string of the molecule is COCCN1CCC(CN(C)Cc2nnc(C)s2)CC1. The van der Waals surface area contributed by atoms with E-state index in [4.69, 9.17) is 4.74 Å². The Kier molecular flexibility index (Phi) is 6.35. The second kappa shape index (κ2) is 8.02. The molecule has 0 aromatic carbocycles. The number of rotatable bonds is 7. The Bertz CT molecular complexity index is 390. The van der Waals surface area contributed by atoms with E-state index in [2.05, 4.69) is 27.0 Å². The number of hydrogen-bond acceptors (Lipinski definition) is 6. The van der Waals surface area contributed by atoms with E-state index >= 15 is 0 Å². The summed E-state index contributed by atoms with van der Waals surface area (Å²) in [6.45, 7) is 8.44. The monoisotopic (exact) mass is 298 g/mol. The Morgan fingerprint density at radius 3 is 2.70 bits per heavy atom. The lowest BCUT2D eigenvalue weighted by molar-refractivity contribution is 0.110. The normalized spacial score (nSPS) is 18.0. The van der Waals surface area contributed by atoms with Crippen molar-refractivity contribution in [2.45, 2.75) is 26.3 Å². The van der Waals surface area contributed by atoms with E-state index in [0.717, 1.165) is 42.2 Å². The van der Waals surface area contributed by atoms with Gasteiger partial charge in [0, 0.05) is 20.2 Å². The molecule has 1 fully saturated rings. The zero-order valence-electron chi connectivity index (χ0n) is 12.8. The van der Waals surface area contributed by atoms with Gasteiger partial charge in [0.05, 0.1) is 13.2 Å². The predicted octanol–water partition coefficient (Wildman–Crippen LogP) is 1.64.